The molecule has 0 unspecified atom stereocenters. The number of fused-ring (bicyclic) bond motifs is 3. The molecule has 8 rings (SSSR count). The van der Waals surface area contributed by atoms with E-state index in [1.54, 1.807) is 23.5 Å². The maximum absolute atomic E-state index is 11.4. The molecule has 38 heavy (non-hydrogen) atoms. The maximum atomic E-state index is 11.4. The fourth-order valence-electron chi connectivity index (χ4n) is 7.58. The quantitative estimate of drug-likeness (QED) is 0.349. The Morgan fingerprint density at radius 1 is 1.05 bits per heavy atom. The average Bonchev–Trinajstić information content (AvgIpc) is 3.79. The molecule has 3 aromatic rings. The van der Waals surface area contributed by atoms with E-state index in [4.69, 9.17) is 14.2 Å². The van der Waals surface area contributed by atoms with Gasteiger partial charge in [-0.05, 0) is 101 Å². The maximum Gasteiger partial charge on any atom is 0.335 e. The summed E-state index contributed by atoms with van der Waals surface area (Å²) in [5.74, 6) is 1.31. The third-order valence-electron chi connectivity index (χ3n) is 10.2. The van der Waals surface area contributed by atoms with Crippen LogP contribution in [-0.2, 0) is 11.3 Å². The highest BCUT2D eigenvalue weighted by Crippen LogP contribution is 2.59. The van der Waals surface area contributed by atoms with Crippen LogP contribution in [0.2, 0.25) is 0 Å². The third-order valence-corrected chi connectivity index (χ3v) is 11.2. The molecule has 200 valence electrons. The van der Waals surface area contributed by atoms with Gasteiger partial charge in [-0.15, -0.1) is 0 Å². The molecule has 8 heteroatoms. The number of nitrogens with zero attached hydrogens (tertiary/aromatic N) is 3. The van der Waals surface area contributed by atoms with Crippen molar-refractivity contribution < 1.29 is 19.2 Å². The monoisotopic (exact) mass is 533 g/mol. The molecule has 1 aromatic carbocycles. The van der Waals surface area contributed by atoms with E-state index >= 15 is 0 Å². The standard InChI is InChI=1S/C30H35N3O4S/c34-28(35)19-3-6-24-25(13-19)38-29(31-24)33-20-4-5-21(33)15-22(14-20)36-16-23-26(32-37-27(23)18-1-2-18)17-7-9-30(10-8-17)11-12-30/h3,6,13,17-18,20-22H,1-2,4-5,7-12,14-16H2,(H,34,35)/t20-,21+,22-. The third kappa shape index (κ3) is 4.06. The lowest BCUT2D eigenvalue weighted by molar-refractivity contribution is 0.0140. The number of benzene rings is 1. The summed E-state index contributed by atoms with van der Waals surface area (Å²) in [6.07, 6.45) is 15.1. The highest BCUT2D eigenvalue weighted by molar-refractivity contribution is 7.22. The van der Waals surface area contributed by atoms with Gasteiger partial charge in [0.05, 0.1) is 34.2 Å². The van der Waals surface area contributed by atoms with Gasteiger partial charge in [-0.25, -0.2) is 9.78 Å². The first-order valence-corrected chi connectivity index (χ1v) is 15.4. The molecule has 7 nitrogen and oxygen atoms in total. The van der Waals surface area contributed by atoms with E-state index in [-0.39, 0.29) is 6.10 Å². The van der Waals surface area contributed by atoms with Crippen molar-refractivity contribution in [2.45, 2.75) is 114 Å². The van der Waals surface area contributed by atoms with Gasteiger partial charge >= 0.3 is 5.97 Å². The molecular weight excluding hydrogens is 498 g/mol. The van der Waals surface area contributed by atoms with Crippen LogP contribution in [0.1, 0.15) is 116 Å². The minimum Gasteiger partial charge on any atom is -0.478 e. The molecule has 3 atom stereocenters. The number of carboxylic acid groups (broad SMARTS) is 1. The zero-order valence-corrected chi connectivity index (χ0v) is 22.5. The second kappa shape index (κ2) is 8.78. The Morgan fingerprint density at radius 2 is 1.82 bits per heavy atom. The molecule has 2 saturated heterocycles. The van der Waals surface area contributed by atoms with Crippen molar-refractivity contribution in [2.75, 3.05) is 4.90 Å². The summed E-state index contributed by atoms with van der Waals surface area (Å²) in [7, 11) is 0. The first-order chi connectivity index (χ1) is 18.6. The minimum absolute atomic E-state index is 0.243. The van der Waals surface area contributed by atoms with E-state index in [2.05, 4.69) is 10.1 Å². The molecule has 0 radical (unpaired) electrons. The van der Waals surface area contributed by atoms with Crippen molar-refractivity contribution >= 4 is 32.7 Å². The van der Waals surface area contributed by atoms with Gasteiger partial charge in [-0.3, -0.25) is 0 Å². The summed E-state index contributed by atoms with van der Waals surface area (Å²) in [5.41, 5.74) is 4.38. The van der Waals surface area contributed by atoms with E-state index in [0.29, 0.717) is 41.5 Å². The molecule has 2 aliphatic heterocycles. The number of aromatic carboxylic acids is 1. The summed E-state index contributed by atoms with van der Waals surface area (Å²) >= 11 is 1.62. The summed E-state index contributed by atoms with van der Waals surface area (Å²) in [4.78, 5) is 18.8. The Morgan fingerprint density at radius 3 is 2.50 bits per heavy atom. The Labute approximate surface area is 226 Å². The summed E-state index contributed by atoms with van der Waals surface area (Å²) < 4.78 is 13.6. The lowest BCUT2D eigenvalue weighted by atomic mass is 9.77. The number of thiazole rings is 1. The molecular formula is C30H35N3O4S. The van der Waals surface area contributed by atoms with E-state index < -0.39 is 5.97 Å². The van der Waals surface area contributed by atoms with E-state index in [9.17, 15) is 9.90 Å². The second-order valence-corrected chi connectivity index (χ2v) is 13.6. The molecule has 5 fully saturated rings. The van der Waals surface area contributed by atoms with Gasteiger partial charge in [0.2, 0.25) is 0 Å². The van der Waals surface area contributed by atoms with Crippen molar-refractivity contribution in [1.82, 2.24) is 10.1 Å². The van der Waals surface area contributed by atoms with Crippen LogP contribution >= 0.6 is 11.3 Å². The number of carbonyl (C=O) groups is 1. The second-order valence-electron chi connectivity index (χ2n) is 12.6. The van der Waals surface area contributed by atoms with Crippen molar-refractivity contribution in [3.8, 4) is 0 Å². The molecule has 4 heterocycles. The topological polar surface area (TPSA) is 88.7 Å². The largest absolute Gasteiger partial charge is 0.478 e. The van der Waals surface area contributed by atoms with Crippen LogP contribution in [0.5, 0.6) is 0 Å². The van der Waals surface area contributed by atoms with Crippen LogP contribution < -0.4 is 4.90 Å². The Kier molecular flexibility index (Phi) is 5.42. The average molecular weight is 534 g/mol. The smallest absolute Gasteiger partial charge is 0.335 e. The Bertz CT molecular complexity index is 1370. The number of aromatic nitrogens is 2. The summed E-state index contributed by atoms with van der Waals surface area (Å²) in [5, 5.41) is 15.0. The van der Waals surface area contributed by atoms with Crippen LogP contribution in [-0.4, -0.2) is 39.4 Å². The van der Waals surface area contributed by atoms with Crippen LogP contribution in [0.4, 0.5) is 5.13 Å². The van der Waals surface area contributed by atoms with Crippen LogP contribution in [0, 0.1) is 5.41 Å². The number of rotatable bonds is 7. The lowest BCUT2D eigenvalue weighted by Gasteiger charge is -2.38. The van der Waals surface area contributed by atoms with Crippen LogP contribution in [0.15, 0.2) is 22.7 Å². The first-order valence-electron chi connectivity index (χ1n) is 14.6. The van der Waals surface area contributed by atoms with Gasteiger partial charge < -0.3 is 19.3 Å². The predicted molar refractivity (Wildman–Crippen MR) is 145 cm³/mol. The Hall–Kier alpha value is -2.45. The number of hydrogen-bond acceptors (Lipinski definition) is 7. The van der Waals surface area contributed by atoms with Crippen LogP contribution in [0.3, 0.4) is 0 Å². The highest BCUT2D eigenvalue weighted by Gasteiger charge is 2.47. The van der Waals surface area contributed by atoms with Gasteiger partial charge in [-0.2, -0.15) is 0 Å². The molecule has 0 amide bonds. The van der Waals surface area contributed by atoms with Gasteiger partial charge in [0.25, 0.3) is 0 Å². The van der Waals surface area contributed by atoms with Crippen molar-refractivity contribution in [2.24, 2.45) is 5.41 Å². The molecule has 2 bridgehead atoms. The number of piperidine rings is 1. The van der Waals surface area contributed by atoms with E-state index in [1.807, 2.05) is 6.07 Å². The minimum atomic E-state index is -0.893. The predicted octanol–water partition coefficient (Wildman–Crippen LogP) is 7.01. The fourth-order valence-corrected chi connectivity index (χ4v) is 8.73. The number of ether oxygens (including phenoxy) is 1. The lowest BCUT2D eigenvalue weighted by Crippen LogP contribution is -2.45. The number of anilines is 1. The number of carboxylic acids is 1. The normalized spacial score (nSPS) is 28.4. The zero-order valence-electron chi connectivity index (χ0n) is 21.7. The molecule has 3 saturated carbocycles. The van der Waals surface area contributed by atoms with Crippen molar-refractivity contribution in [3.05, 3.63) is 40.8 Å². The molecule has 5 aliphatic rings. The van der Waals surface area contributed by atoms with Gasteiger partial charge in [-0.1, -0.05) is 16.5 Å². The van der Waals surface area contributed by atoms with Crippen molar-refractivity contribution in [1.29, 1.82) is 0 Å². The zero-order chi connectivity index (χ0) is 25.4. The Balaban J connectivity index is 0.968. The summed E-state index contributed by atoms with van der Waals surface area (Å²) in [6, 6.07) is 6.09. The summed E-state index contributed by atoms with van der Waals surface area (Å²) in [6.45, 7) is 0.634. The van der Waals surface area contributed by atoms with Gasteiger partial charge in [0.1, 0.15) is 5.76 Å². The van der Waals surface area contributed by atoms with Gasteiger partial charge in [0, 0.05) is 29.5 Å². The molecule has 1 N–H and O–H groups in total. The van der Waals surface area contributed by atoms with Crippen LogP contribution in [0.25, 0.3) is 10.2 Å². The molecule has 2 aromatic heterocycles. The highest BCUT2D eigenvalue weighted by atomic mass is 32.1. The number of hydrogen-bond donors (Lipinski definition) is 1. The van der Waals surface area contributed by atoms with Crippen molar-refractivity contribution in [3.63, 3.8) is 0 Å². The molecule has 3 aliphatic carbocycles. The SMILES string of the molecule is O=C(O)c1ccc2nc(N3[C@@H]4CC[C@H]3C[C@H](OCc3c(C5CCC6(CC5)CC6)noc3C3CC3)C4)sc2c1. The first kappa shape index (κ1) is 23.4. The van der Waals surface area contributed by atoms with E-state index in [0.717, 1.165) is 46.8 Å². The fraction of sp³-hybridized carbons (Fsp3) is 0.633. The van der Waals surface area contributed by atoms with E-state index in [1.165, 1.54) is 62.6 Å². The van der Waals surface area contributed by atoms with Gasteiger partial charge in [0.15, 0.2) is 5.13 Å². The molecule has 1 spiro atoms.